The molecule has 1 aromatic heterocycles. The Morgan fingerprint density at radius 2 is 1.93 bits per heavy atom. The van der Waals surface area contributed by atoms with Gasteiger partial charge in [-0.1, -0.05) is 19.4 Å². The number of hydrogen-bond donors (Lipinski definition) is 0. The number of ether oxygens (including phenoxy) is 1. The summed E-state index contributed by atoms with van der Waals surface area (Å²) in [5, 5.41) is 0. The molecule has 0 spiro atoms. The second-order valence-electron chi connectivity index (χ2n) is 8.09. The molecular weight excluding hydrogens is 362 g/mol. The lowest BCUT2D eigenvalue weighted by molar-refractivity contribution is 0.0474. The molecule has 0 unspecified atom stereocenters. The summed E-state index contributed by atoms with van der Waals surface area (Å²) in [6.07, 6.45) is 7.81. The monoisotopic (exact) mass is 393 g/mol. The van der Waals surface area contributed by atoms with E-state index in [1.54, 1.807) is 4.31 Å². The van der Waals surface area contributed by atoms with E-state index in [0.29, 0.717) is 31.8 Å². The van der Waals surface area contributed by atoms with Gasteiger partial charge in [0.15, 0.2) is 0 Å². The maximum absolute atomic E-state index is 12.3. The van der Waals surface area contributed by atoms with Crippen molar-refractivity contribution >= 4 is 10.0 Å². The highest BCUT2D eigenvalue weighted by Gasteiger charge is 2.30. The largest absolute Gasteiger partial charge is 0.474 e. The maximum Gasteiger partial charge on any atom is 0.214 e. The summed E-state index contributed by atoms with van der Waals surface area (Å²) in [5.74, 6) is 0.914. The number of sulfonamides is 1. The first-order valence-corrected chi connectivity index (χ1v) is 12.0. The minimum Gasteiger partial charge on any atom is -0.474 e. The van der Waals surface area contributed by atoms with Crippen molar-refractivity contribution in [2.24, 2.45) is 0 Å². The van der Waals surface area contributed by atoms with Crippen molar-refractivity contribution < 1.29 is 13.2 Å². The van der Waals surface area contributed by atoms with Crippen LogP contribution in [0.25, 0.3) is 0 Å². The number of piperidine rings is 1. The van der Waals surface area contributed by atoms with Gasteiger partial charge in [-0.15, -0.1) is 0 Å². The predicted molar refractivity (Wildman–Crippen MR) is 105 cm³/mol. The fourth-order valence-electron chi connectivity index (χ4n) is 4.34. The average molecular weight is 394 g/mol. The molecule has 0 radical (unpaired) electrons. The number of rotatable bonds is 6. The molecular formula is C20H31N3O3S. The SMILES string of the molecule is CCCS(=O)(=O)N1CCc2nc(OC3CCN(C4CCC4)CC3)ccc2C1. The minimum absolute atomic E-state index is 0.219. The molecule has 1 aromatic rings. The van der Waals surface area contributed by atoms with Gasteiger partial charge in [-0.05, 0) is 37.7 Å². The van der Waals surface area contributed by atoms with E-state index >= 15 is 0 Å². The molecule has 150 valence electrons. The molecule has 27 heavy (non-hydrogen) atoms. The molecule has 0 aromatic carbocycles. The fraction of sp³-hybridized carbons (Fsp3) is 0.750. The number of pyridine rings is 1. The van der Waals surface area contributed by atoms with E-state index < -0.39 is 10.0 Å². The first-order valence-electron chi connectivity index (χ1n) is 10.4. The average Bonchev–Trinajstić information content (AvgIpc) is 2.61. The van der Waals surface area contributed by atoms with Crippen molar-refractivity contribution in [3.63, 3.8) is 0 Å². The van der Waals surface area contributed by atoms with E-state index in [4.69, 9.17) is 9.72 Å². The number of aromatic nitrogens is 1. The maximum atomic E-state index is 12.3. The van der Waals surface area contributed by atoms with Crippen LogP contribution in [0, 0.1) is 0 Å². The molecule has 0 N–H and O–H groups in total. The molecule has 6 nitrogen and oxygen atoms in total. The van der Waals surface area contributed by atoms with Crippen LogP contribution < -0.4 is 4.74 Å². The highest BCUT2D eigenvalue weighted by Crippen LogP contribution is 2.29. The Hall–Kier alpha value is -1.18. The minimum atomic E-state index is -3.15. The summed E-state index contributed by atoms with van der Waals surface area (Å²) < 4.78 is 32.4. The van der Waals surface area contributed by atoms with Gasteiger partial charge in [0.1, 0.15) is 6.10 Å². The van der Waals surface area contributed by atoms with E-state index in [-0.39, 0.29) is 11.9 Å². The topological polar surface area (TPSA) is 62.7 Å². The first kappa shape index (κ1) is 19.2. The third-order valence-electron chi connectivity index (χ3n) is 6.20. The molecule has 0 bridgehead atoms. The summed E-state index contributed by atoms with van der Waals surface area (Å²) in [7, 11) is -3.15. The lowest BCUT2D eigenvalue weighted by Crippen LogP contribution is -2.46. The summed E-state index contributed by atoms with van der Waals surface area (Å²) in [5.41, 5.74) is 2.00. The van der Waals surface area contributed by atoms with E-state index in [0.717, 1.165) is 43.2 Å². The van der Waals surface area contributed by atoms with Crippen molar-refractivity contribution in [2.45, 2.75) is 70.6 Å². The molecule has 7 heteroatoms. The molecule has 2 aliphatic heterocycles. The van der Waals surface area contributed by atoms with Gasteiger partial charge in [-0.2, -0.15) is 4.31 Å². The number of fused-ring (bicyclic) bond motifs is 1. The highest BCUT2D eigenvalue weighted by atomic mass is 32.2. The van der Waals surface area contributed by atoms with Gasteiger partial charge < -0.3 is 9.64 Å². The summed E-state index contributed by atoms with van der Waals surface area (Å²) in [6.45, 7) is 5.11. The van der Waals surface area contributed by atoms with Crippen LogP contribution in [0.2, 0.25) is 0 Å². The van der Waals surface area contributed by atoms with Crippen molar-refractivity contribution in [2.75, 3.05) is 25.4 Å². The van der Waals surface area contributed by atoms with Gasteiger partial charge in [0.05, 0.1) is 11.4 Å². The van der Waals surface area contributed by atoms with Crippen molar-refractivity contribution in [3.8, 4) is 5.88 Å². The normalized spacial score (nSPS) is 23.0. The van der Waals surface area contributed by atoms with Gasteiger partial charge >= 0.3 is 0 Å². The zero-order valence-electron chi connectivity index (χ0n) is 16.3. The summed E-state index contributed by atoms with van der Waals surface area (Å²) in [4.78, 5) is 7.31. The molecule has 0 atom stereocenters. The molecule has 4 rings (SSSR count). The standard InChI is InChI=1S/C20H31N3O3S/c1-2-14-27(24,25)23-13-10-19-16(15-23)6-7-20(21-19)26-18-8-11-22(12-9-18)17-4-3-5-17/h6-7,17-18H,2-5,8-15H2,1H3. The second-order valence-corrected chi connectivity index (χ2v) is 10.2. The Morgan fingerprint density at radius 1 is 1.15 bits per heavy atom. The lowest BCUT2D eigenvalue weighted by atomic mass is 9.90. The number of nitrogens with zero attached hydrogens (tertiary/aromatic N) is 3. The van der Waals surface area contributed by atoms with Gasteiger partial charge in [0.25, 0.3) is 0 Å². The molecule has 2 fully saturated rings. The van der Waals surface area contributed by atoms with Gasteiger partial charge in [0, 0.05) is 44.7 Å². The molecule has 0 amide bonds. The Kier molecular flexibility index (Phi) is 5.71. The molecule has 1 aliphatic carbocycles. The third-order valence-corrected chi connectivity index (χ3v) is 8.22. The van der Waals surface area contributed by atoms with Gasteiger partial charge in [-0.3, -0.25) is 0 Å². The Bertz CT molecular complexity index is 756. The van der Waals surface area contributed by atoms with Crippen molar-refractivity contribution in [3.05, 3.63) is 23.4 Å². The van der Waals surface area contributed by atoms with E-state index in [9.17, 15) is 8.42 Å². The molecule has 3 heterocycles. The number of hydrogen-bond acceptors (Lipinski definition) is 5. The number of likely N-dealkylation sites (tertiary alicyclic amines) is 1. The van der Waals surface area contributed by atoms with Crippen LogP contribution in [0.1, 0.15) is 56.7 Å². The molecule has 1 saturated heterocycles. The van der Waals surface area contributed by atoms with Gasteiger partial charge in [0.2, 0.25) is 15.9 Å². The van der Waals surface area contributed by atoms with Crippen LogP contribution in [0.15, 0.2) is 12.1 Å². The quantitative estimate of drug-likeness (QED) is 0.743. The zero-order valence-corrected chi connectivity index (χ0v) is 17.1. The van der Waals surface area contributed by atoms with E-state index in [1.165, 1.54) is 19.3 Å². The predicted octanol–water partition coefficient (Wildman–Crippen LogP) is 2.58. The Labute approximate surface area is 163 Å². The Morgan fingerprint density at radius 3 is 2.59 bits per heavy atom. The van der Waals surface area contributed by atoms with E-state index in [2.05, 4.69) is 4.90 Å². The van der Waals surface area contributed by atoms with Crippen LogP contribution >= 0.6 is 0 Å². The van der Waals surface area contributed by atoms with Crippen molar-refractivity contribution in [1.82, 2.24) is 14.2 Å². The molecule has 1 saturated carbocycles. The fourth-order valence-corrected chi connectivity index (χ4v) is 5.82. The smallest absolute Gasteiger partial charge is 0.214 e. The van der Waals surface area contributed by atoms with Crippen molar-refractivity contribution in [1.29, 1.82) is 0 Å². The Balaban J connectivity index is 1.34. The molecule has 3 aliphatic rings. The van der Waals surface area contributed by atoms with Crippen LogP contribution in [-0.4, -0.2) is 60.1 Å². The second kappa shape index (κ2) is 8.05. The van der Waals surface area contributed by atoms with Crippen LogP contribution in [0.4, 0.5) is 0 Å². The van der Waals surface area contributed by atoms with Gasteiger partial charge in [-0.25, -0.2) is 13.4 Å². The summed E-state index contributed by atoms with van der Waals surface area (Å²) in [6, 6.07) is 4.72. The highest BCUT2D eigenvalue weighted by molar-refractivity contribution is 7.89. The van der Waals surface area contributed by atoms with Crippen LogP contribution in [0.5, 0.6) is 5.88 Å². The van der Waals surface area contributed by atoms with E-state index in [1.807, 2.05) is 19.1 Å². The summed E-state index contributed by atoms with van der Waals surface area (Å²) >= 11 is 0. The zero-order chi connectivity index (χ0) is 18.9. The lowest BCUT2D eigenvalue weighted by Gasteiger charge is -2.41. The van der Waals surface area contributed by atoms with Crippen LogP contribution in [-0.2, 0) is 23.0 Å². The van der Waals surface area contributed by atoms with Crippen LogP contribution in [0.3, 0.4) is 0 Å². The first-order chi connectivity index (χ1) is 13.0. The third kappa shape index (κ3) is 4.30.